The van der Waals surface area contributed by atoms with Crippen LogP contribution in [0.5, 0.6) is 0 Å². The topological polar surface area (TPSA) is 51.6 Å². The second-order valence-corrected chi connectivity index (χ2v) is 13.0. The number of benzene rings is 8. The van der Waals surface area contributed by atoms with Gasteiger partial charge in [0.1, 0.15) is 5.69 Å². The van der Waals surface area contributed by atoms with Gasteiger partial charge in [-0.2, -0.15) is 0 Å². The van der Waals surface area contributed by atoms with E-state index in [1.807, 2.05) is 42.6 Å². The van der Waals surface area contributed by atoms with Crippen LogP contribution in [0.2, 0.25) is 0 Å². The summed E-state index contributed by atoms with van der Waals surface area (Å²) in [6.45, 7) is 0. The Morgan fingerprint density at radius 3 is 1.54 bits per heavy atom. The van der Waals surface area contributed by atoms with Gasteiger partial charge < -0.3 is 0 Å². The molecule has 4 heteroatoms. The van der Waals surface area contributed by atoms with Crippen LogP contribution in [0.15, 0.2) is 158 Å². The van der Waals surface area contributed by atoms with E-state index in [0.29, 0.717) is 11.5 Å². The molecule has 230 valence electrons. The third-order valence-corrected chi connectivity index (χ3v) is 10.3. The van der Waals surface area contributed by atoms with Crippen LogP contribution < -0.4 is 0 Å². The predicted molar refractivity (Wildman–Crippen MR) is 208 cm³/mol. The highest BCUT2D eigenvalue weighted by molar-refractivity contribution is 6.37. The summed E-state index contributed by atoms with van der Waals surface area (Å²) < 4.78 is 0. The van der Waals surface area contributed by atoms with Gasteiger partial charge in [0.15, 0.2) is 5.82 Å². The smallest absolute Gasteiger partial charge is 0.180 e. The molecule has 0 amide bonds. The van der Waals surface area contributed by atoms with Gasteiger partial charge in [0.25, 0.3) is 0 Å². The van der Waals surface area contributed by atoms with Crippen LogP contribution in [0.3, 0.4) is 0 Å². The zero-order valence-corrected chi connectivity index (χ0v) is 26.8. The second-order valence-electron chi connectivity index (χ2n) is 13.0. The van der Waals surface area contributed by atoms with Crippen LogP contribution in [0, 0.1) is 0 Å². The molecule has 0 atom stereocenters. The maximum atomic E-state index is 5.01. The first kappa shape index (κ1) is 27.2. The first-order valence-corrected chi connectivity index (χ1v) is 16.9. The van der Waals surface area contributed by atoms with Crippen molar-refractivity contribution in [3.8, 4) is 34.0 Å². The normalized spacial score (nSPS) is 12.0. The average molecular weight is 635 g/mol. The Morgan fingerprint density at radius 1 is 0.340 bits per heavy atom. The van der Waals surface area contributed by atoms with Crippen LogP contribution >= 0.6 is 0 Å². The van der Waals surface area contributed by atoms with E-state index in [1.165, 1.54) is 64.6 Å². The number of rotatable bonds is 3. The maximum absolute atomic E-state index is 5.01. The molecule has 0 unspecified atom stereocenters. The lowest BCUT2D eigenvalue weighted by atomic mass is 9.87. The fourth-order valence-corrected chi connectivity index (χ4v) is 8.03. The summed E-state index contributed by atoms with van der Waals surface area (Å²) in [5.74, 6) is 0.556. The minimum Gasteiger partial charge on any atom is -0.252 e. The quantitative estimate of drug-likeness (QED) is 0.181. The second kappa shape index (κ2) is 10.4. The van der Waals surface area contributed by atoms with Crippen molar-refractivity contribution in [1.82, 2.24) is 19.9 Å². The minimum atomic E-state index is 0.556. The molecule has 11 aromatic rings. The molecule has 11 rings (SSSR count). The van der Waals surface area contributed by atoms with Crippen molar-refractivity contribution in [2.75, 3.05) is 0 Å². The summed E-state index contributed by atoms with van der Waals surface area (Å²) in [7, 11) is 0. The SMILES string of the molecule is c1ccc(-c2nc(-c3cnc(-c4cc5ccc6cccc7c8cccc9ccc%10cccc(c(c4)c5c67)c%10c98)cn3)nc3ccccc23)cc1. The first-order valence-electron chi connectivity index (χ1n) is 16.9. The molecule has 0 aliphatic carbocycles. The van der Waals surface area contributed by atoms with Gasteiger partial charge in [-0.15, -0.1) is 0 Å². The molecule has 9 aromatic carbocycles. The summed E-state index contributed by atoms with van der Waals surface area (Å²) in [6, 6.07) is 52.0. The van der Waals surface area contributed by atoms with Crippen LogP contribution in [-0.4, -0.2) is 19.9 Å². The number of aromatic nitrogens is 4. The van der Waals surface area contributed by atoms with Crippen molar-refractivity contribution in [2.45, 2.75) is 0 Å². The Labute approximate surface area is 286 Å². The fraction of sp³-hybridized carbons (Fsp3) is 0. The molecule has 0 saturated heterocycles. The molecule has 0 spiro atoms. The van der Waals surface area contributed by atoms with Crippen molar-refractivity contribution in [3.63, 3.8) is 0 Å². The molecule has 2 heterocycles. The van der Waals surface area contributed by atoms with Gasteiger partial charge in [-0.3, -0.25) is 4.98 Å². The number of hydrogen-bond donors (Lipinski definition) is 0. The molecule has 50 heavy (non-hydrogen) atoms. The van der Waals surface area contributed by atoms with Crippen LogP contribution in [0.4, 0.5) is 0 Å². The summed E-state index contributed by atoms with van der Waals surface area (Å²) in [5.41, 5.74) is 5.26. The summed E-state index contributed by atoms with van der Waals surface area (Å²) >= 11 is 0. The number of nitrogens with zero attached hydrogens (tertiary/aromatic N) is 4. The highest BCUT2D eigenvalue weighted by atomic mass is 14.9. The van der Waals surface area contributed by atoms with Crippen molar-refractivity contribution >= 4 is 75.5 Å². The van der Waals surface area contributed by atoms with E-state index in [1.54, 1.807) is 6.20 Å². The highest BCUT2D eigenvalue weighted by Crippen LogP contribution is 2.44. The Morgan fingerprint density at radius 2 is 0.880 bits per heavy atom. The number of fused-ring (bicyclic) bond motifs is 3. The van der Waals surface area contributed by atoms with Gasteiger partial charge in [-0.1, -0.05) is 127 Å². The lowest BCUT2D eigenvalue weighted by Crippen LogP contribution is -1.98. The van der Waals surface area contributed by atoms with E-state index < -0.39 is 0 Å². The van der Waals surface area contributed by atoms with Crippen molar-refractivity contribution in [3.05, 3.63) is 158 Å². The molecule has 0 bridgehead atoms. The minimum absolute atomic E-state index is 0.556. The zero-order chi connectivity index (χ0) is 32.8. The molecular weight excluding hydrogens is 609 g/mol. The monoisotopic (exact) mass is 634 g/mol. The Balaban J connectivity index is 1.16. The molecule has 0 aliphatic rings. The highest BCUT2D eigenvalue weighted by Gasteiger charge is 2.17. The Kier molecular flexibility index (Phi) is 5.63. The predicted octanol–water partition coefficient (Wildman–Crippen LogP) is 11.8. The Hall–Kier alpha value is -6.78. The molecule has 0 radical (unpaired) electrons. The third-order valence-electron chi connectivity index (χ3n) is 10.3. The van der Waals surface area contributed by atoms with Crippen molar-refractivity contribution < 1.29 is 0 Å². The zero-order valence-electron chi connectivity index (χ0n) is 26.8. The molecular formula is C46H26N4. The maximum Gasteiger partial charge on any atom is 0.180 e. The van der Waals surface area contributed by atoms with Gasteiger partial charge >= 0.3 is 0 Å². The largest absolute Gasteiger partial charge is 0.252 e. The lowest BCUT2D eigenvalue weighted by molar-refractivity contribution is 1.14. The lowest BCUT2D eigenvalue weighted by Gasteiger charge is -2.17. The number of hydrogen-bond acceptors (Lipinski definition) is 4. The van der Waals surface area contributed by atoms with E-state index in [4.69, 9.17) is 19.9 Å². The summed E-state index contributed by atoms with van der Waals surface area (Å²) in [5, 5.41) is 16.0. The van der Waals surface area contributed by atoms with Crippen LogP contribution in [0.1, 0.15) is 0 Å². The van der Waals surface area contributed by atoms with Gasteiger partial charge in [0.05, 0.1) is 29.3 Å². The van der Waals surface area contributed by atoms with Crippen LogP contribution in [-0.2, 0) is 0 Å². The average Bonchev–Trinajstić information content (AvgIpc) is 3.19. The standard InChI is InChI=1S/C46H26N4/c1-2-9-30(10-3-1)45-36-14-4-5-18-38(36)49-46(50-45)40-26-47-39(25-48-40)32-23-31-22-21-29-12-7-16-34-33-15-6-11-27-19-20-28-13-8-17-35(43(28)41(27)33)37(24-32)44(31)42(29)34/h1-26H. The van der Waals surface area contributed by atoms with E-state index in [9.17, 15) is 0 Å². The van der Waals surface area contributed by atoms with E-state index in [-0.39, 0.29) is 0 Å². The summed E-state index contributed by atoms with van der Waals surface area (Å²) in [6.07, 6.45) is 3.66. The molecule has 4 nitrogen and oxygen atoms in total. The molecule has 2 aromatic heterocycles. The van der Waals surface area contributed by atoms with E-state index >= 15 is 0 Å². The van der Waals surface area contributed by atoms with Gasteiger partial charge in [-0.25, -0.2) is 15.0 Å². The van der Waals surface area contributed by atoms with Gasteiger partial charge in [-0.05, 0) is 82.8 Å². The van der Waals surface area contributed by atoms with E-state index in [0.717, 1.165) is 33.4 Å². The van der Waals surface area contributed by atoms with Gasteiger partial charge in [0.2, 0.25) is 0 Å². The van der Waals surface area contributed by atoms with Crippen LogP contribution in [0.25, 0.3) is 110 Å². The van der Waals surface area contributed by atoms with Gasteiger partial charge in [0, 0.05) is 16.5 Å². The molecule has 0 N–H and O–H groups in total. The Bertz CT molecular complexity index is 3130. The van der Waals surface area contributed by atoms with Crippen molar-refractivity contribution in [1.29, 1.82) is 0 Å². The summed E-state index contributed by atoms with van der Waals surface area (Å²) in [4.78, 5) is 19.8. The molecule has 0 saturated carbocycles. The molecule has 0 aliphatic heterocycles. The molecule has 0 fully saturated rings. The van der Waals surface area contributed by atoms with Crippen molar-refractivity contribution in [2.24, 2.45) is 0 Å². The number of para-hydroxylation sites is 1. The third kappa shape index (κ3) is 3.93. The first-order chi connectivity index (χ1) is 24.8. The fourth-order valence-electron chi connectivity index (χ4n) is 8.03. The van der Waals surface area contributed by atoms with E-state index in [2.05, 4.69) is 109 Å².